The van der Waals surface area contributed by atoms with Crippen molar-refractivity contribution in [2.24, 2.45) is 0 Å². The van der Waals surface area contributed by atoms with Crippen LogP contribution in [0.4, 0.5) is 10.5 Å². The molecule has 1 atom stereocenters. The molecule has 0 saturated carbocycles. The zero-order chi connectivity index (χ0) is 18.4. The van der Waals surface area contributed by atoms with Crippen LogP contribution >= 0.6 is 24.8 Å². The van der Waals surface area contributed by atoms with Crippen molar-refractivity contribution in [2.45, 2.75) is 32.3 Å². The molecule has 0 spiro atoms. The molecule has 0 N–H and O–H groups in total. The van der Waals surface area contributed by atoms with Crippen LogP contribution in [-0.4, -0.2) is 74.9 Å². The lowest BCUT2D eigenvalue weighted by Crippen LogP contribution is -2.46. The van der Waals surface area contributed by atoms with Crippen molar-refractivity contribution in [2.75, 3.05) is 57.8 Å². The second-order valence-electron chi connectivity index (χ2n) is 7.11. The van der Waals surface area contributed by atoms with Crippen molar-refractivity contribution in [3.8, 4) is 5.75 Å². The van der Waals surface area contributed by atoms with Crippen molar-refractivity contribution in [3.63, 3.8) is 0 Å². The number of piperazine rings is 1. The molecule has 0 aliphatic carbocycles. The lowest BCUT2D eigenvalue weighted by atomic mass is 10.1. The minimum Gasteiger partial charge on any atom is -0.492 e. The van der Waals surface area contributed by atoms with Gasteiger partial charge in [0.1, 0.15) is 11.9 Å². The smallest absolute Gasteiger partial charge is 0.409 e. The van der Waals surface area contributed by atoms with Gasteiger partial charge in [-0.25, -0.2) is 4.79 Å². The van der Waals surface area contributed by atoms with E-state index < -0.39 is 0 Å². The molecule has 2 aliphatic heterocycles. The number of likely N-dealkylation sites (N-methyl/N-ethyl adjacent to an activating group) is 1. The first-order chi connectivity index (χ1) is 12.7. The number of amides is 1. The molecule has 2 aliphatic rings. The molecule has 1 amide bonds. The van der Waals surface area contributed by atoms with Crippen molar-refractivity contribution in [1.82, 2.24) is 9.80 Å². The van der Waals surface area contributed by atoms with Gasteiger partial charge >= 0.3 is 6.09 Å². The maximum absolute atomic E-state index is 11.4. The molecule has 6 nitrogen and oxygen atoms in total. The van der Waals surface area contributed by atoms with Crippen LogP contribution in [0, 0.1) is 0 Å². The molecule has 1 unspecified atom stereocenters. The third-order valence-electron chi connectivity index (χ3n) is 5.19. The van der Waals surface area contributed by atoms with Gasteiger partial charge in [-0.1, -0.05) is 12.1 Å². The van der Waals surface area contributed by atoms with E-state index in [-0.39, 0.29) is 37.0 Å². The number of nitrogens with zero attached hydrogens (tertiary/aromatic N) is 3. The van der Waals surface area contributed by atoms with Crippen LogP contribution in [0.5, 0.6) is 5.75 Å². The zero-order valence-corrected chi connectivity index (χ0v) is 18.5. The highest BCUT2D eigenvalue weighted by atomic mass is 35.5. The van der Waals surface area contributed by atoms with E-state index in [1.165, 1.54) is 5.69 Å². The van der Waals surface area contributed by atoms with E-state index in [2.05, 4.69) is 28.0 Å². The molecule has 0 aromatic heterocycles. The van der Waals surface area contributed by atoms with Gasteiger partial charge in [0, 0.05) is 33.2 Å². The first kappa shape index (κ1) is 24.7. The molecule has 0 radical (unpaired) electrons. The molecule has 160 valence electrons. The minimum absolute atomic E-state index is 0. The van der Waals surface area contributed by atoms with Crippen molar-refractivity contribution >= 4 is 36.6 Å². The zero-order valence-electron chi connectivity index (χ0n) is 16.8. The number of hydrogen-bond donors (Lipinski definition) is 0. The Labute approximate surface area is 181 Å². The van der Waals surface area contributed by atoms with Crippen LogP contribution in [-0.2, 0) is 4.74 Å². The third-order valence-corrected chi connectivity index (χ3v) is 5.19. The van der Waals surface area contributed by atoms with Gasteiger partial charge < -0.3 is 19.3 Å². The van der Waals surface area contributed by atoms with E-state index >= 15 is 0 Å². The van der Waals surface area contributed by atoms with Gasteiger partial charge in [-0.3, -0.25) is 4.90 Å². The second kappa shape index (κ2) is 12.2. The number of benzene rings is 1. The fourth-order valence-corrected chi connectivity index (χ4v) is 3.72. The van der Waals surface area contributed by atoms with Crippen LogP contribution in [0.3, 0.4) is 0 Å². The Morgan fingerprint density at radius 1 is 1.11 bits per heavy atom. The van der Waals surface area contributed by atoms with Crippen molar-refractivity contribution < 1.29 is 14.3 Å². The van der Waals surface area contributed by atoms with Crippen molar-refractivity contribution in [3.05, 3.63) is 24.3 Å². The number of carbonyl (C=O) groups excluding carboxylic acids is 1. The van der Waals surface area contributed by atoms with Gasteiger partial charge in [-0.15, -0.1) is 24.8 Å². The molecule has 1 aromatic rings. The number of rotatable bonds is 8. The predicted octanol–water partition coefficient (Wildman–Crippen LogP) is 3.67. The van der Waals surface area contributed by atoms with Crippen LogP contribution in [0.25, 0.3) is 0 Å². The lowest BCUT2D eigenvalue weighted by molar-refractivity contribution is 0.128. The summed E-state index contributed by atoms with van der Waals surface area (Å²) in [6.45, 7) is 8.82. The average molecular weight is 434 g/mol. The summed E-state index contributed by atoms with van der Waals surface area (Å²) in [5, 5.41) is 0. The van der Waals surface area contributed by atoms with Crippen molar-refractivity contribution in [1.29, 1.82) is 0 Å². The Kier molecular flexibility index (Phi) is 10.8. The van der Waals surface area contributed by atoms with Crippen LogP contribution in [0.2, 0.25) is 0 Å². The molecular formula is C20H33Cl2N3O3. The average Bonchev–Trinajstić information content (AvgIpc) is 2.98. The highest BCUT2D eigenvalue weighted by Crippen LogP contribution is 2.28. The van der Waals surface area contributed by atoms with Gasteiger partial charge in [-0.2, -0.15) is 0 Å². The molecule has 2 saturated heterocycles. The topological polar surface area (TPSA) is 45.2 Å². The second-order valence-corrected chi connectivity index (χ2v) is 7.11. The molecule has 2 fully saturated rings. The summed E-state index contributed by atoms with van der Waals surface area (Å²) in [7, 11) is 1.80. The Morgan fingerprint density at radius 3 is 2.46 bits per heavy atom. The SMILES string of the molecule is CCOc1ccccc1N1CCN(CCCCC2CN(C)C(=O)O2)CC1.Cl.Cl. The largest absolute Gasteiger partial charge is 0.492 e. The van der Waals surface area contributed by atoms with Crippen LogP contribution in [0.15, 0.2) is 24.3 Å². The number of anilines is 1. The maximum atomic E-state index is 11.4. The van der Waals surface area contributed by atoms with E-state index in [1.807, 2.05) is 13.0 Å². The number of ether oxygens (including phenoxy) is 2. The summed E-state index contributed by atoms with van der Waals surface area (Å²) >= 11 is 0. The van der Waals surface area contributed by atoms with Crippen LogP contribution < -0.4 is 9.64 Å². The normalized spacial score (nSPS) is 19.6. The minimum atomic E-state index is -0.182. The molecule has 3 rings (SSSR count). The van der Waals surface area contributed by atoms with Gasteiger partial charge in [0.05, 0.1) is 18.8 Å². The highest BCUT2D eigenvalue weighted by Gasteiger charge is 2.27. The third kappa shape index (κ3) is 6.61. The lowest BCUT2D eigenvalue weighted by Gasteiger charge is -2.36. The molecular weight excluding hydrogens is 401 g/mol. The molecule has 8 heteroatoms. The van der Waals surface area contributed by atoms with E-state index in [0.29, 0.717) is 6.61 Å². The van der Waals surface area contributed by atoms with Gasteiger partial charge in [0.25, 0.3) is 0 Å². The molecule has 1 aromatic carbocycles. The number of hydrogen-bond acceptors (Lipinski definition) is 5. The van der Waals surface area contributed by atoms with Gasteiger partial charge in [0.15, 0.2) is 0 Å². The van der Waals surface area contributed by atoms with E-state index in [9.17, 15) is 4.79 Å². The Morgan fingerprint density at radius 2 is 1.82 bits per heavy atom. The van der Waals surface area contributed by atoms with E-state index in [1.54, 1.807) is 11.9 Å². The summed E-state index contributed by atoms with van der Waals surface area (Å²) < 4.78 is 11.1. The predicted molar refractivity (Wildman–Crippen MR) is 118 cm³/mol. The maximum Gasteiger partial charge on any atom is 0.409 e. The fraction of sp³-hybridized carbons (Fsp3) is 0.650. The fourth-order valence-electron chi connectivity index (χ4n) is 3.72. The number of para-hydroxylation sites is 2. The number of halogens is 2. The summed E-state index contributed by atoms with van der Waals surface area (Å²) in [6.07, 6.45) is 3.14. The highest BCUT2D eigenvalue weighted by molar-refractivity contribution is 5.85. The molecule has 2 heterocycles. The van der Waals surface area contributed by atoms with Gasteiger partial charge in [0.2, 0.25) is 0 Å². The number of unbranched alkanes of at least 4 members (excludes halogenated alkanes) is 1. The summed E-state index contributed by atoms with van der Waals surface area (Å²) in [4.78, 5) is 18.0. The van der Waals surface area contributed by atoms with Gasteiger partial charge in [-0.05, 0) is 44.9 Å². The van der Waals surface area contributed by atoms with E-state index in [0.717, 1.165) is 64.3 Å². The summed E-state index contributed by atoms with van der Waals surface area (Å²) in [5.41, 5.74) is 1.21. The first-order valence-corrected chi connectivity index (χ1v) is 9.78. The number of carbonyl (C=O) groups is 1. The Hall–Kier alpha value is -1.37. The molecule has 0 bridgehead atoms. The molecule has 28 heavy (non-hydrogen) atoms. The summed E-state index contributed by atoms with van der Waals surface area (Å²) in [5.74, 6) is 0.986. The number of cyclic esters (lactones) is 1. The quantitative estimate of drug-likeness (QED) is 0.585. The monoisotopic (exact) mass is 433 g/mol. The Balaban J connectivity index is 0.00000196. The standard InChI is InChI=1S/C20H31N3O3.2ClH/c1-3-25-19-10-5-4-9-18(19)23-14-12-22(13-15-23)11-7-6-8-17-16-21(2)20(24)26-17;;/h4-5,9-10,17H,3,6-8,11-16H2,1-2H3;2*1H. The van der Waals surface area contributed by atoms with Crippen LogP contribution in [0.1, 0.15) is 26.2 Å². The Bertz CT molecular complexity index is 598. The first-order valence-electron chi connectivity index (χ1n) is 9.78. The summed E-state index contributed by atoms with van der Waals surface area (Å²) in [6, 6.07) is 8.32. The van der Waals surface area contributed by atoms with E-state index in [4.69, 9.17) is 9.47 Å².